The Bertz CT molecular complexity index is 1800. The monoisotopic (exact) mass is 581 g/mol. The molecule has 0 radical (unpaired) electrons. The van der Waals surface area contributed by atoms with Crippen molar-refractivity contribution >= 4 is 17.4 Å². The van der Waals surface area contributed by atoms with E-state index >= 15 is 0 Å². The van der Waals surface area contributed by atoms with E-state index in [2.05, 4.69) is 16.4 Å². The Kier molecular flexibility index (Phi) is 8.09. The molecule has 10 heteroatoms. The van der Waals surface area contributed by atoms with E-state index in [1.54, 1.807) is 38.5 Å². The van der Waals surface area contributed by atoms with Gasteiger partial charge in [-0.2, -0.15) is 9.61 Å². The van der Waals surface area contributed by atoms with Crippen LogP contribution in [0.5, 0.6) is 0 Å². The quantitative estimate of drug-likeness (QED) is 0.231. The van der Waals surface area contributed by atoms with E-state index < -0.39 is 11.7 Å². The smallest absolute Gasteiger partial charge is 0.253 e. The SMILES string of the molecule is Cc1ccc(-c2c(C)nn3c(NCc4cccc(-c5nccn5C)c4)cc(C(C)(C)O)nc23)cc1C(=O)N(C)C[C@H](C)O. The summed E-state index contributed by atoms with van der Waals surface area (Å²) in [5, 5.41) is 29.1. The highest BCUT2D eigenvalue weighted by atomic mass is 16.3. The van der Waals surface area contributed by atoms with Crippen molar-refractivity contribution in [2.75, 3.05) is 18.9 Å². The number of carbonyl (C=O) groups excluding carboxylic acids is 1. The summed E-state index contributed by atoms with van der Waals surface area (Å²) in [5.74, 6) is 1.39. The van der Waals surface area contributed by atoms with Gasteiger partial charge in [0.25, 0.3) is 5.91 Å². The summed E-state index contributed by atoms with van der Waals surface area (Å²) >= 11 is 0. The summed E-state index contributed by atoms with van der Waals surface area (Å²) in [4.78, 5) is 24.1. The van der Waals surface area contributed by atoms with Crippen molar-refractivity contribution in [2.45, 2.75) is 52.9 Å². The molecule has 5 rings (SSSR count). The van der Waals surface area contributed by atoms with Crippen molar-refractivity contribution in [3.8, 4) is 22.5 Å². The number of aliphatic hydroxyl groups excluding tert-OH is 1. The van der Waals surface area contributed by atoms with Gasteiger partial charge in [0.05, 0.1) is 17.5 Å². The lowest BCUT2D eigenvalue weighted by atomic mass is 9.98. The average Bonchev–Trinajstić information content (AvgIpc) is 3.53. The molecule has 43 heavy (non-hydrogen) atoms. The molecule has 1 amide bonds. The Balaban J connectivity index is 1.56. The molecule has 0 aliphatic carbocycles. The first-order chi connectivity index (χ1) is 20.3. The zero-order valence-corrected chi connectivity index (χ0v) is 25.8. The van der Waals surface area contributed by atoms with Crippen LogP contribution in [0.3, 0.4) is 0 Å². The maximum absolute atomic E-state index is 13.3. The summed E-state index contributed by atoms with van der Waals surface area (Å²) in [5.41, 5.74) is 5.62. The number of likely N-dealkylation sites (N-methyl/N-ethyl adjacent to an activating group) is 1. The lowest BCUT2D eigenvalue weighted by molar-refractivity contribution is 0.0702. The Morgan fingerprint density at radius 1 is 1.12 bits per heavy atom. The molecular formula is C33H39N7O3. The van der Waals surface area contributed by atoms with Gasteiger partial charge in [0.15, 0.2) is 5.65 Å². The number of hydrogen-bond donors (Lipinski definition) is 3. The molecule has 0 saturated heterocycles. The fraction of sp³-hybridized carbons (Fsp3) is 0.333. The van der Waals surface area contributed by atoms with Gasteiger partial charge in [0.2, 0.25) is 0 Å². The molecule has 0 aliphatic rings. The van der Waals surface area contributed by atoms with Gasteiger partial charge in [-0.05, 0) is 63.4 Å². The van der Waals surface area contributed by atoms with Crippen LogP contribution in [0, 0.1) is 13.8 Å². The minimum absolute atomic E-state index is 0.172. The first kappa shape index (κ1) is 29.9. The van der Waals surface area contributed by atoms with Gasteiger partial charge in [-0.15, -0.1) is 0 Å². The zero-order chi connectivity index (χ0) is 31.1. The molecular weight excluding hydrogens is 542 g/mol. The van der Waals surface area contributed by atoms with Gasteiger partial charge >= 0.3 is 0 Å². The van der Waals surface area contributed by atoms with E-state index in [0.29, 0.717) is 29.3 Å². The number of imidazole rings is 1. The van der Waals surface area contributed by atoms with E-state index in [9.17, 15) is 15.0 Å². The van der Waals surface area contributed by atoms with Crippen molar-refractivity contribution in [1.82, 2.24) is 29.0 Å². The molecule has 2 aromatic carbocycles. The molecule has 0 saturated carbocycles. The van der Waals surface area contributed by atoms with E-state index in [-0.39, 0.29) is 12.5 Å². The molecule has 0 aliphatic heterocycles. The van der Waals surface area contributed by atoms with E-state index in [4.69, 9.17) is 10.1 Å². The fourth-order valence-electron chi connectivity index (χ4n) is 5.25. The second kappa shape index (κ2) is 11.6. The van der Waals surface area contributed by atoms with Gasteiger partial charge in [-0.25, -0.2) is 9.97 Å². The largest absolute Gasteiger partial charge is 0.392 e. The number of hydrogen-bond acceptors (Lipinski definition) is 7. The highest BCUT2D eigenvalue weighted by molar-refractivity contribution is 5.97. The third-order valence-corrected chi connectivity index (χ3v) is 7.51. The summed E-state index contributed by atoms with van der Waals surface area (Å²) in [6.45, 7) is 9.61. The topological polar surface area (TPSA) is 121 Å². The van der Waals surface area contributed by atoms with Crippen molar-refractivity contribution in [2.24, 2.45) is 7.05 Å². The van der Waals surface area contributed by atoms with Crippen LogP contribution in [-0.2, 0) is 19.2 Å². The maximum atomic E-state index is 13.3. The second-order valence-electron chi connectivity index (χ2n) is 11.8. The lowest BCUT2D eigenvalue weighted by Gasteiger charge is -2.20. The van der Waals surface area contributed by atoms with E-state index in [1.165, 1.54) is 4.90 Å². The van der Waals surface area contributed by atoms with Gasteiger partial charge in [-0.1, -0.05) is 30.3 Å². The van der Waals surface area contributed by atoms with Crippen LogP contribution >= 0.6 is 0 Å². The molecule has 3 heterocycles. The minimum atomic E-state index is -1.20. The maximum Gasteiger partial charge on any atom is 0.253 e. The number of carbonyl (C=O) groups is 1. The van der Waals surface area contributed by atoms with Crippen LogP contribution in [0.15, 0.2) is 60.9 Å². The van der Waals surface area contributed by atoms with Gasteiger partial charge in [0.1, 0.15) is 17.2 Å². The number of amides is 1. The van der Waals surface area contributed by atoms with Gasteiger partial charge in [-0.3, -0.25) is 4.79 Å². The molecule has 0 fully saturated rings. The predicted molar refractivity (Wildman–Crippen MR) is 168 cm³/mol. The molecule has 5 aromatic rings. The average molecular weight is 582 g/mol. The van der Waals surface area contributed by atoms with Crippen molar-refractivity contribution in [3.05, 3.63) is 89.0 Å². The highest BCUT2D eigenvalue weighted by Crippen LogP contribution is 2.33. The highest BCUT2D eigenvalue weighted by Gasteiger charge is 2.25. The number of rotatable bonds is 9. The Morgan fingerprint density at radius 2 is 1.88 bits per heavy atom. The van der Waals surface area contributed by atoms with Crippen LogP contribution in [0.1, 0.15) is 53.6 Å². The van der Waals surface area contributed by atoms with Crippen LogP contribution in [0.25, 0.3) is 28.2 Å². The summed E-state index contributed by atoms with van der Waals surface area (Å²) < 4.78 is 3.74. The number of nitrogens with zero attached hydrogens (tertiary/aromatic N) is 6. The molecule has 0 unspecified atom stereocenters. The third kappa shape index (κ3) is 6.16. The number of benzene rings is 2. The molecule has 224 valence electrons. The lowest BCUT2D eigenvalue weighted by Crippen LogP contribution is -2.33. The zero-order valence-electron chi connectivity index (χ0n) is 25.8. The van der Waals surface area contributed by atoms with Gasteiger partial charge in [0, 0.05) is 62.3 Å². The van der Waals surface area contributed by atoms with Crippen molar-refractivity contribution in [1.29, 1.82) is 0 Å². The minimum Gasteiger partial charge on any atom is -0.392 e. The Labute approximate surface area is 251 Å². The molecule has 0 bridgehead atoms. The second-order valence-corrected chi connectivity index (χ2v) is 11.8. The number of aliphatic hydroxyl groups is 2. The van der Waals surface area contributed by atoms with E-state index in [1.807, 2.05) is 74.1 Å². The third-order valence-electron chi connectivity index (χ3n) is 7.51. The molecule has 10 nitrogen and oxygen atoms in total. The van der Waals surface area contributed by atoms with Crippen LogP contribution in [-0.4, -0.2) is 64.9 Å². The van der Waals surface area contributed by atoms with Crippen LogP contribution < -0.4 is 5.32 Å². The number of aryl methyl sites for hydroxylation is 3. The normalized spacial score (nSPS) is 12.5. The summed E-state index contributed by atoms with van der Waals surface area (Å²) in [6.07, 6.45) is 3.07. The van der Waals surface area contributed by atoms with Crippen molar-refractivity contribution < 1.29 is 15.0 Å². The predicted octanol–water partition coefficient (Wildman–Crippen LogP) is 4.71. The molecule has 3 N–H and O–H groups in total. The Morgan fingerprint density at radius 3 is 2.56 bits per heavy atom. The number of fused-ring (bicyclic) bond motifs is 1. The molecule has 1 atom stereocenters. The first-order valence-corrected chi connectivity index (χ1v) is 14.3. The molecule has 3 aromatic heterocycles. The molecule has 0 spiro atoms. The van der Waals surface area contributed by atoms with Gasteiger partial charge < -0.3 is 25.0 Å². The number of nitrogens with one attached hydrogen (secondary N) is 1. The first-order valence-electron chi connectivity index (χ1n) is 14.3. The standard InChI is InChI=1S/C33H39N7O3/c1-20-11-12-24(16-26(20)32(42)39(7)19-21(2)41)29-22(3)37-40-28(17-27(33(4,5)43)36-31(29)40)35-18-23-9-8-10-25(15-23)30-34-13-14-38(30)6/h8-17,21,35,41,43H,18-19H2,1-7H3/t21-/m0/s1. The van der Waals surface area contributed by atoms with Crippen LogP contribution in [0.2, 0.25) is 0 Å². The summed E-state index contributed by atoms with van der Waals surface area (Å²) in [7, 11) is 3.65. The van der Waals surface area contributed by atoms with Crippen LogP contribution in [0.4, 0.5) is 5.82 Å². The van der Waals surface area contributed by atoms with E-state index in [0.717, 1.165) is 39.3 Å². The Hall–Kier alpha value is -4.54. The fourth-order valence-corrected chi connectivity index (χ4v) is 5.25. The number of aromatic nitrogens is 5. The van der Waals surface area contributed by atoms with Crippen molar-refractivity contribution in [3.63, 3.8) is 0 Å². The summed E-state index contributed by atoms with van der Waals surface area (Å²) in [6, 6.07) is 15.7. The number of anilines is 1.